The summed E-state index contributed by atoms with van der Waals surface area (Å²) in [5.41, 5.74) is 0. The zero-order valence-electron chi connectivity index (χ0n) is 54.9. The first kappa shape index (κ1) is 80.4. The van der Waals surface area contributed by atoms with E-state index in [0.29, 0.717) is 17.4 Å². The van der Waals surface area contributed by atoms with Gasteiger partial charge in [0.15, 0.2) is 6.10 Å². The SMILES string of the molecule is CC/C=C\C/C=C\C/C=C\C/C=C\C/C=C\C/C=C\C/C=C\C/C=C\CCCCCCCCCCCCC(=O)OC(COC(=O)CCCCCCCCCCCCCCC/C=C\C/C=C\CCCCCCC)COP(=O)(O)OCC[N+](C)(C)C. The Labute approximate surface area is 518 Å². The van der Waals surface area contributed by atoms with E-state index in [2.05, 4.69) is 135 Å². The molecule has 0 aromatic rings. The van der Waals surface area contributed by atoms with Crippen LogP contribution in [0.3, 0.4) is 0 Å². The number of likely N-dealkylation sites (N-methyl/N-ethyl adjacent to an activating group) is 1. The van der Waals surface area contributed by atoms with E-state index in [1.54, 1.807) is 0 Å². The van der Waals surface area contributed by atoms with Gasteiger partial charge in [-0.05, 0) is 109 Å². The maximum atomic E-state index is 12.9. The number of carbonyl (C=O) groups is 2. The lowest BCUT2D eigenvalue weighted by molar-refractivity contribution is -0.870. The molecule has 0 rings (SSSR count). The number of ether oxygens (including phenoxy) is 2. The number of hydrogen-bond donors (Lipinski definition) is 1. The van der Waals surface area contributed by atoms with Crippen LogP contribution in [0.15, 0.2) is 122 Å². The number of hydrogen-bond acceptors (Lipinski definition) is 7. The molecule has 0 radical (unpaired) electrons. The second kappa shape index (κ2) is 63.9. The second-order valence-electron chi connectivity index (χ2n) is 23.8. The third kappa shape index (κ3) is 67.5. The Bertz CT molecular complexity index is 1830. The van der Waals surface area contributed by atoms with Gasteiger partial charge < -0.3 is 18.9 Å². The first-order valence-electron chi connectivity index (χ1n) is 34.3. The van der Waals surface area contributed by atoms with Crippen molar-refractivity contribution < 1.29 is 42.1 Å². The van der Waals surface area contributed by atoms with Crippen LogP contribution in [0.25, 0.3) is 0 Å². The highest BCUT2D eigenvalue weighted by atomic mass is 31.2. The van der Waals surface area contributed by atoms with Gasteiger partial charge >= 0.3 is 19.8 Å². The summed E-state index contributed by atoms with van der Waals surface area (Å²) in [5, 5.41) is 0. The largest absolute Gasteiger partial charge is 0.472 e. The maximum absolute atomic E-state index is 12.9. The van der Waals surface area contributed by atoms with Crippen molar-refractivity contribution in [3.05, 3.63) is 122 Å². The number of allylic oxidation sites excluding steroid dienone is 20. The summed E-state index contributed by atoms with van der Waals surface area (Å²) >= 11 is 0. The average molecular weight is 1190 g/mol. The molecular weight excluding hydrogens is 1060 g/mol. The van der Waals surface area contributed by atoms with Gasteiger partial charge in [0.05, 0.1) is 27.7 Å². The fraction of sp³-hybridized carbons (Fsp3) is 0.703. The van der Waals surface area contributed by atoms with Crippen molar-refractivity contribution in [1.82, 2.24) is 0 Å². The molecule has 0 bridgehead atoms. The molecule has 2 unspecified atom stereocenters. The van der Waals surface area contributed by atoms with E-state index in [0.717, 1.165) is 103 Å². The standard InChI is InChI=1S/C74H128NO8P/c1-6-8-10-12-14-16-18-20-22-24-26-28-30-32-33-34-35-36-37-38-39-40-41-43-45-47-49-51-53-55-57-59-61-63-65-67-74(77)83-72(71-82-84(78,79)81-69-68-75(3,4)5)70-80-73(76)66-64-62-60-58-56-54-52-50-48-46-44-42-31-29-27-25-23-21-19-17-15-13-11-9-7-2/h8,10,14,16,19-22,25-28,32-33,35-36,38-39,41,43,72H,6-7,9,11-13,15,17-18,23-24,29-31,34,37,40,42,44-71H2,1-5H3/p+1/b10-8-,16-14-,21-19-,22-20-,27-25-,28-26-,33-32-,36-35-,39-38-,43-41-. The van der Waals surface area contributed by atoms with Crippen LogP contribution >= 0.6 is 7.82 Å². The highest BCUT2D eigenvalue weighted by molar-refractivity contribution is 7.47. The Morgan fingerprint density at radius 2 is 0.679 bits per heavy atom. The van der Waals surface area contributed by atoms with Crippen LogP contribution in [-0.4, -0.2) is 74.9 Å². The van der Waals surface area contributed by atoms with Crippen molar-refractivity contribution in [3.63, 3.8) is 0 Å². The molecule has 0 aliphatic rings. The fourth-order valence-corrected chi connectivity index (χ4v) is 9.98. The van der Waals surface area contributed by atoms with Crippen molar-refractivity contribution in [2.75, 3.05) is 47.5 Å². The molecule has 2 atom stereocenters. The number of rotatable bonds is 62. The monoisotopic (exact) mass is 1190 g/mol. The van der Waals surface area contributed by atoms with E-state index in [4.69, 9.17) is 18.5 Å². The van der Waals surface area contributed by atoms with E-state index < -0.39 is 26.5 Å². The smallest absolute Gasteiger partial charge is 0.462 e. The number of esters is 2. The second-order valence-corrected chi connectivity index (χ2v) is 25.3. The minimum Gasteiger partial charge on any atom is -0.462 e. The molecular formula is C74H129NO8P+. The van der Waals surface area contributed by atoms with Gasteiger partial charge in [-0.3, -0.25) is 18.6 Å². The predicted octanol–water partition coefficient (Wildman–Crippen LogP) is 22.3. The molecule has 0 fully saturated rings. The van der Waals surface area contributed by atoms with Crippen molar-refractivity contribution in [1.29, 1.82) is 0 Å². The van der Waals surface area contributed by atoms with Crippen LogP contribution in [0, 0.1) is 0 Å². The average Bonchev–Trinajstić information content (AvgIpc) is 3.61. The Balaban J connectivity index is 4.11. The van der Waals surface area contributed by atoms with E-state index in [1.807, 2.05) is 21.1 Å². The third-order valence-corrected chi connectivity index (χ3v) is 15.5. The van der Waals surface area contributed by atoms with Gasteiger partial charge in [-0.15, -0.1) is 0 Å². The molecule has 0 spiro atoms. The fourth-order valence-electron chi connectivity index (χ4n) is 9.24. The summed E-state index contributed by atoms with van der Waals surface area (Å²) in [6, 6.07) is 0. The zero-order chi connectivity index (χ0) is 61.2. The number of phosphoric ester groups is 1. The molecule has 0 aliphatic carbocycles. The maximum Gasteiger partial charge on any atom is 0.472 e. The van der Waals surface area contributed by atoms with Crippen molar-refractivity contribution in [3.8, 4) is 0 Å². The van der Waals surface area contributed by atoms with Gasteiger partial charge in [0.25, 0.3) is 0 Å². The number of quaternary nitrogens is 1. The molecule has 0 aromatic heterocycles. The summed E-state index contributed by atoms with van der Waals surface area (Å²) < 4.78 is 34.7. The molecule has 0 saturated heterocycles. The molecule has 0 amide bonds. The molecule has 10 heteroatoms. The van der Waals surface area contributed by atoms with Crippen LogP contribution < -0.4 is 0 Å². The molecule has 0 aliphatic heterocycles. The first-order chi connectivity index (χ1) is 41.0. The van der Waals surface area contributed by atoms with Gasteiger partial charge in [-0.1, -0.05) is 283 Å². The predicted molar refractivity (Wildman–Crippen MR) is 362 cm³/mol. The van der Waals surface area contributed by atoms with Crippen LogP contribution in [0.2, 0.25) is 0 Å². The van der Waals surface area contributed by atoms with Crippen LogP contribution in [-0.2, 0) is 32.7 Å². The van der Waals surface area contributed by atoms with Crippen molar-refractivity contribution in [2.45, 2.75) is 290 Å². The van der Waals surface area contributed by atoms with Gasteiger partial charge in [0.2, 0.25) is 0 Å². The Hall–Kier alpha value is -3.59. The van der Waals surface area contributed by atoms with Crippen LogP contribution in [0.4, 0.5) is 0 Å². The highest BCUT2D eigenvalue weighted by Gasteiger charge is 2.27. The number of unbranched alkanes of at least 4 members (excludes halogenated alkanes) is 28. The summed E-state index contributed by atoms with van der Waals surface area (Å²) in [5.74, 6) is -0.802. The van der Waals surface area contributed by atoms with Crippen LogP contribution in [0.1, 0.15) is 284 Å². The van der Waals surface area contributed by atoms with Crippen LogP contribution in [0.5, 0.6) is 0 Å². The molecule has 0 saturated carbocycles. The Morgan fingerprint density at radius 3 is 1.01 bits per heavy atom. The van der Waals surface area contributed by atoms with E-state index >= 15 is 0 Å². The molecule has 0 aromatic carbocycles. The number of phosphoric acid groups is 1. The number of carbonyl (C=O) groups excluding carboxylic acids is 2. The summed E-state index contributed by atoms with van der Waals surface area (Å²) in [6.45, 7) is 4.32. The van der Waals surface area contributed by atoms with E-state index in [9.17, 15) is 19.0 Å². The molecule has 9 nitrogen and oxygen atoms in total. The molecule has 1 N–H and O–H groups in total. The Kier molecular flexibility index (Phi) is 61.2. The normalized spacial score (nSPS) is 13.9. The number of nitrogens with zero attached hydrogens (tertiary/aromatic N) is 1. The van der Waals surface area contributed by atoms with Gasteiger partial charge in [-0.25, -0.2) is 4.57 Å². The molecule has 84 heavy (non-hydrogen) atoms. The molecule has 482 valence electrons. The Morgan fingerprint density at radius 1 is 0.381 bits per heavy atom. The van der Waals surface area contributed by atoms with Crippen molar-refractivity contribution in [2.24, 2.45) is 0 Å². The van der Waals surface area contributed by atoms with Gasteiger partial charge in [0.1, 0.15) is 19.8 Å². The lowest BCUT2D eigenvalue weighted by atomic mass is 10.0. The minimum atomic E-state index is -4.40. The third-order valence-electron chi connectivity index (χ3n) is 14.5. The molecule has 0 heterocycles. The summed E-state index contributed by atoms with van der Waals surface area (Å²) in [4.78, 5) is 35.9. The lowest BCUT2D eigenvalue weighted by Gasteiger charge is -2.24. The zero-order valence-corrected chi connectivity index (χ0v) is 55.7. The quantitative estimate of drug-likeness (QED) is 0.0211. The van der Waals surface area contributed by atoms with E-state index in [1.165, 1.54) is 148 Å². The highest BCUT2D eigenvalue weighted by Crippen LogP contribution is 2.43. The topological polar surface area (TPSA) is 108 Å². The lowest BCUT2D eigenvalue weighted by Crippen LogP contribution is -2.37. The van der Waals surface area contributed by atoms with Gasteiger partial charge in [-0.2, -0.15) is 0 Å². The summed E-state index contributed by atoms with van der Waals surface area (Å²) in [6.07, 6.45) is 91.4. The van der Waals surface area contributed by atoms with E-state index in [-0.39, 0.29) is 32.0 Å². The van der Waals surface area contributed by atoms with Crippen molar-refractivity contribution >= 4 is 19.8 Å². The minimum absolute atomic E-state index is 0.0259. The summed E-state index contributed by atoms with van der Waals surface area (Å²) in [7, 11) is 1.47. The van der Waals surface area contributed by atoms with Gasteiger partial charge in [0, 0.05) is 12.8 Å². The first-order valence-corrected chi connectivity index (χ1v) is 35.8.